The SMILES string of the molecule is Cc1nn2c(C(F)(F)F)cc(-c3ccc(OCc4ccc(Cl)c(Cl)c4)cc3)nc2c1-c1ccccc1. The summed E-state index contributed by atoms with van der Waals surface area (Å²) in [6, 6.07) is 22.1. The highest BCUT2D eigenvalue weighted by Crippen LogP contribution is 2.36. The van der Waals surface area contributed by atoms with Crippen LogP contribution in [0.5, 0.6) is 5.75 Å². The highest BCUT2D eigenvalue weighted by Gasteiger charge is 2.36. The Balaban J connectivity index is 1.51. The van der Waals surface area contributed by atoms with E-state index in [4.69, 9.17) is 27.9 Å². The van der Waals surface area contributed by atoms with Gasteiger partial charge in [-0.15, -0.1) is 0 Å². The van der Waals surface area contributed by atoms with E-state index in [2.05, 4.69) is 10.1 Å². The average Bonchev–Trinajstić information content (AvgIpc) is 3.20. The number of alkyl halides is 3. The number of ether oxygens (including phenoxy) is 1. The van der Waals surface area contributed by atoms with Crippen molar-refractivity contribution in [1.29, 1.82) is 0 Å². The van der Waals surface area contributed by atoms with Crippen LogP contribution in [0.1, 0.15) is 17.0 Å². The lowest BCUT2D eigenvalue weighted by Gasteiger charge is -2.12. The Labute approximate surface area is 214 Å². The van der Waals surface area contributed by atoms with E-state index in [1.807, 2.05) is 30.3 Å². The van der Waals surface area contributed by atoms with Gasteiger partial charge in [0, 0.05) is 11.1 Å². The zero-order chi connectivity index (χ0) is 25.4. The Bertz CT molecular complexity index is 1550. The Kier molecular flexibility index (Phi) is 6.36. The number of aromatic nitrogens is 3. The molecule has 0 fully saturated rings. The van der Waals surface area contributed by atoms with E-state index in [1.54, 1.807) is 49.4 Å². The molecule has 5 rings (SSSR count). The fraction of sp³-hybridized carbons (Fsp3) is 0.111. The summed E-state index contributed by atoms with van der Waals surface area (Å²) >= 11 is 12.0. The van der Waals surface area contributed by atoms with Gasteiger partial charge in [0.1, 0.15) is 12.4 Å². The average molecular weight is 528 g/mol. The van der Waals surface area contributed by atoms with Gasteiger partial charge in [-0.2, -0.15) is 18.3 Å². The number of nitrogens with zero attached hydrogens (tertiary/aromatic N) is 3. The Hall–Kier alpha value is -3.55. The third-order valence-electron chi connectivity index (χ3n) is 5.66. The predicted molar refractivity (Wildman–Crippen MR) is 134 cm³/mol. The number of aryl methyl sites for hydroxylation is 1. The van der Waals surface area contributed by atoms with Gasteiger partial charge >= 0.3 is 6.18 Å². The molecule has 0 saturated heterocycles. The summed E-state index contributed by atoms with van der Waals surface area (Å²) in [4.78, 5) is 4.59. The highest BCUT2D eigenvalue weighted by molar-refractivity contribution is 6.42. The molecular weight excluding hydrogens is 510 g/mol. The zero-order valence-corrected chi connectivity index (χ0v) is 20.4. The maximum atomic E-state index is 14.0. The van der Waals surface area contributed by atoms with Gasteiger partial charge in [0.2, 0.25) is 0 Å². The minimum absolute atomic E-state index is 0.142. The fourth-order valence-corrected chi connectivity index (χ4v) is 4.25. The smallest absolute Gasteiger partial charge is 0.433 e. The van der Waals surface area contributed by atoms with Crippen molar-refractivity contribution in [3.05, 3.63) is 106 Å². The molecule has 0 aliphatic rings. The van der Waals surface area contributed by atoms with E-state index >= 15 is 0 Å². The van der Waals surface area contributed by atoms with Crippen LogP contribution in [0, 0.1) is 6.92 Å². The number of benzene rings is 3. The summed E-state index contributed by atoms with van der Waals surface area (Å²) in [5.41, 5.74) is 2.54. The van der Waals surface area contributed by atoms with Crippen LogP contribution in [0.3, 0.4) is 0 Å². The summed E-state index contributed by atoms with van der Waals surface area (Å²) in [7, 11) is 0. The number of fused-ring (bicyclic) bond motifs is 1. The van der Waals surface area contributed by atoms with Crippen LogP contribution in [0.4, 0.5) is 13.2 Å². The van der Waals surface area contributed by atoms with Crippen LogP contribution in [-0.2, 0) is 12.8 Å². The van der Waals surface area contributed by atoms with Crippen molar-refractivity contribution in [2.45, 2.75) is 19.7 Å². The molecule has 3 aromatic carbocycles. The summed E-state index contributed by atoms with van der Waals surface area (Å²) in [6.07, 6.45) is -4.62. The molecule has 0 radical (unpaired) electrons. The quantitative estimate of drug-likeness (QED) is 0.231. The second-order valence-electron chi connectivity index (χ2n) is 8.15. The molecule has 0 aliphatic heterocycles. The van der Waals surface area contributed by atoms with Crippen molar-refractivity contribution in [3.63, 3.8) is 0 Å². The molecular formula is C27H18Cl2F3N3O. The van der Waals surface area contributed by atoms with Crippen LogP contribution in [-0.4, -0.2) is 14.6 Å². The molecule has 36 heavy (non-hydrogen) atoms. The lowest BCUT2D eigenvalue weighted by molar-refractivity contribution is -0.142. The summed E-state index contributed by atoms with van der Waals surface area (Å²) in [5.74, 6) is 0.548. The molecule has 182 valence electrons. The summed E-state index contributed by atoms with van der Waals surface area (Å²) < 4.78 is 48.7. The van der Waals surface area contributed by atoms with Gasteiger partial charge in [0.05, 0.1) is 21.4 Å². The van der Waals surface area contributed by atoms with Crippen molar-refractivity contribution in [1.82, 2.24) is 14.6 Å². The van der Waals surface area contributed by atoms with Crippen molar-refractivity contribution >= 4 is 28.8 Å². The molecule has 4 nitrogen and oxygen atoms in total. The molecule has 9 heteroatoms. The van der Waals surface area contributed by atoms with E-state index in [0.717, 1.165) is 21.7 Å². The number of rotatable bonds is 5. The van der Waals surface area contributed by atoms with Gasteiger partial charge in [-0.1, -0.05) is 59.6 Å². The van der Waals surface area contributed by atoms with Crippen LogP contribution >= 0.6 is 23.2 Å². The van der Waals surface area contributed by atoms with Crippen LogP contribution < -0.4 is 4.74 Å². The van der Waals surface area contributed by atoms with E-state index in [-0.39, 0.29) is 17.9 Å². The largest absolute Gasteiger partial charge is 0.489 e. The van der Waals surface area contributed by atoms with E-state index in [0.29, 0.717) is 32.6 Å². The van der Waals surface area contributed by atoms with Gasteiger partial charge in [-0.05, 0) is 60.5 Å². The second kappa shape index (κ2) is 9.48. The van der Waals surface area contributed by atoms with Crippen LogP contribution in [0.2, 0.25) is 10.0 Å². The summed E-state index contributed by atoms with van der Waals surface area (Å²) in [5, 5.41) is 5.05. The monoisotopic (exact) mass is 527 g/mol. The van der Waals surface area contributed by atoms with Crippen LogP contribution in [0.15, 0.2) is 78.9 Å². The van der Waals surface area contributed by atoms with Crippen LogP contribution in [0.25, 0.3) is 28.0 Å². The molecule has 0 atom stereocenters. The Morgan fingerprint density at radius 3 is 2.25 bits per heavy atom. The minimum Gasteiger partial charge on any atom is -0.489 e. The number of hydrogen-bond acceptors (Lipinski definition) is 3. The first-order valence-corrected chi connectivity index (χ1v) is 11.7. The van der Waals surface area contributed by atoms with Crippen molar-refractivity contribution < 1.29 is 17.9 Å². The first kappa shape index (κ1) is 24.2. The van der Waals surface area contributed by atoms with Crippen molar-refractivity contribution in [3.8, 4) is 28.1 Å². The van der Waals surface area contributed by atoms with Crippen molar-refractivity contribution in [2.75, 3.05) is 0 Å². The fourth-order valence-electron chi connectivity index (χ4n) is 3.93. The van der Waals surface area contributed by atoms with Gasteiger partial charge < -0.3 is 4.74 Å². The van der Waals surface area contributed by atoms with E-state index in [9.17, 15) is 13.2 Å². The molecule has 0 unspecified atom stereocenters. The van der Waals surface area contributed by atoms with Gasteiger partial charge in [0.25, 0.3) is 0 Å². The first-order valence-electron chi connectivity index (χ1n) is 10.9. The molecule has 5 aromatic rings. The Morgan fingerprint density at radius 1 is 0.861 bits per heavy atom. The molecule has 0 bridgehead atoms. The normalized spacial score (nSPS) is 11.7. The molecule has 0 saturated carbocycles. The standard InChI is InChI=1S/C27H18Cl2F3N3O/c1-16-25(19-5-3-2-4-6-19)26-33-23(14-24(27(30,31)32)35(26)34-16)18-8-10-20(11-9-18)36-15-17-7-12-21(28)22(29)13-17/h2-14H,15H2,1H3. The molecule has 0 N–H and O–H groups in total. The second-order valence-corrected chi connectivity index (χ2v) is 8.96. The molecule has 0 spiro atoms. The highest BCUT2D eigenvalue weighted by atomic mass is 35.5. The lowest BCUT2D eigenvalue weighted by atomic mass is 10.1. The number of halogens is 5. The van der Waals surface area contributed by atoms with E-state index in [1.165, 1.54) is 0 Å². The van der Waals surface area contributed by atoms with Gasteiger partial charge in [-0.3, -0.25) is 0 Å². The molecule has 2 aromatic heterocycles. The third kappa shape index (κ3) is 4.76. The topological polar surface area (TPSA) is 39.4 Å². The summed E-state index contributed by atoms with van der Waals surface area (Å²) in [6.45, 7) is 1.94. The minimum atomic E-state index is -4.62. The Morgan fingerprint density at radius 2 is 1.58 bits per heavy atom. The van der Waals surface area contributed by atoms with Crippen molar-refractivity contribution in [2.24, 2.45) is 0 Å². The lowest BCUT2D eigenvalue weighted by Crippen LogP contribution is -2.13. The molecule has 0 aliphatic carbocycles. The van der Waals surface area contributed by atoms with Gasteiger partial charge in [-0.25, -0.2) is 9.50 Å². The molecule has 2 heterocycles. The van der Waals surface area contributed by atoms with Gasteiger partial charge in [0.15, 0.2) is 11.3 Å². The van der Waals surface area contributed by atoms with E-state index < -0.39 is 11.9 Å². The first-order chi connectivity index (χ1) is 17.2. The maximum Gasteiger partial charge on any atom is 0.433 e. The zero-order valence-electron chi connectivity index (χ0n) is 18.9. The predicted octanol–water partition coefficient (Wildman–Crippen LogP) is 8.28. The number of hydrogen-bond donors (Lipinski definition) is 0. The third-order valence-corrected chi connectivity index (χ3v) is 6.40. The molecule has 0 amide bonds. The maximum absolute atomic E-state index is 14.0.